The minimum atomic E-state index is -0.498. The summed E-state index contributed by atoms with van der Waals surface area (Å²) in [5.41, 5.74) is 0.252. The molecule has 0 bridgehead atoms. The normalized spacial score (nSPS) is 10.3. The second-order valence-electron chi connectivity index (χ2n) is 4.18. The van der Waals surface area contributed by atoms with Crippen LogP contribution in [0.3, 0.4) is 0 Å². The van der Waals surface area contributed by atoms with Crippen LogP contribution in [0, 0.1) is 6.92 Å². The van der Waals surface area contributed by atoms with Crippen molar-refractivity contribution in [1.82, 2.24) is 14.9 Å². The maximum atomic E-state index is 12.6. The van der Waals surface area contributed by atoms with Crippen molar-refractivity contribution in [2.24, 2.45) is 0 Å². The molecule has 1 rings (SSSR count). The van der Waals surface area contributed by atoms with Crippen molar-refractivity contribution in [3.63, 3.8) is 0 Å². The van der Waals surface area contributed by atoms with Crippen molar-refractivity contribution in [1.29, 1.82) is 0 Å². The maximum Gasteiger partial charge on any atom is 0.346 e. The predicted molar refractivity (Wildman–Crippen MR) is 79.6 cm³/mol. The van der Waals surface area contributed by atoms with E-state index in [4.69, 9.17) is 4.74 Å². The van der Waals surface area contributed by atoms with E-state index < -0.39 is 11.7 Å². The van der Waals surface area contributed by atoms with Gasteiger partial charge in [0.2, 0.25) is 0 Å². The van der Waals surface area contributed by atoms with Gasteiger partial charge in [-0.2, -0.15) is 4.98 Å². The summed E-state index contributed by atoms with van der Waals surface area (Å²) in [6, 6.07) is 0. The molecule has 0 aliphatic heterocycles. The summed E-state index contributed by atoms with van der Waals surface area (Å²) in [7, 11) is 0. The second-order valence-corrected chi connectivity index (χ2v) is 4.97. The third-order valence-corrected chi connectivity index (χ3v) is 3.47. The van der Waals surface area contributed by atoms with Crippen LogP contribution in [0.2, 0.25) is 0 Å². The van der Waals surface area contributed by atoms with Crippen LogP contribution < -0.4 is 5.69 Å². The molecule has 0 spiro atoms. The summed E-state index contributed by atoms with van der Waals surface area (Å²) in [5.74, 6) is -0.815. The van der Waals surface area contributed by atoms with Gasteiger partial charge >= 0.3 is 11.7 Å². The molecular weight excluding hydrogens is 294 g/mol. The molecule has 1 aromatic heterocycles. The standard InChI is InChI=1S/C13H19N3O4S/c1-5-16(7-9(17)20-6-2)12(18)10-8(3)14-13(19)15-11(10)21-4/h5-7H2,1-4H3,(H,14,15,19). The van der Waals surface area contributed by atoms with Crippen molar-refractivity contribution in [3.05, 3.63) is 21.7 Å². The molecule has 7 nitrogen and oxygen atoms in total. The molecule has 0 aliphatic carbocycles. The van der Waals surface area contributed by atoms with Crippen LogP contribution in [0.4, 0.5) is 0 Å². The molecule has 0 unspecified atom stereocenters. The zero-order valence-electron chi connectivity index (χ0n) is 12.6. The van der Waals surface area contributed by atoms with Gasteiger partial charge in [-0.1, -0.05) is 0 Å². The summed E-state index contributed by atoms with van der Waals surface area (Å²) in [4.78, 5) is 43.1. The third kappa shape index (κ3) is 4.32. The van der Waals surface area contributed by atoms with Crippen molar-refractivity contribution in [3.8, 4) is 0 Å². The van der Waals surface area contributed by atoms with Gasteiger partial charge in [0.25, 0.3) is 5.91 Å². The number of esters is 1. The third-order valence-electron chi connectivity index (χ3n) is 2.79. The van der Waals surface area contributed by atoms with E-state index in [1.807, 2.05) is 0 Å². The smallest absolute Gasteiger partial charge is 0.346 e. The Hall–Kier alpha value is -1.83. The zero-order chi connectivity index (χ0) is 16.0. The van der Waals surface area contributed by atoms with Gasteiger partial charge in [0.05, 0.1) is 12.2 Å². The number of hydrogen-bond acceptors (Lipinski definition) is 6. The highest BCUT2D eigenvalue weighted by Crippen LogP contribution is 2.20. The molecule has 1 amide bonds. The quantitative estimate of drug-likeness (QED) is 0.475. The molecule has 0 fully saturated rings. The van der Waals surface area contributed by atoms with Crippen LogP contribution in [0.25, 0.3) is 0 Å². The SMILES string of the molecule is CCOC(=O)CN(CC)C(=O)c1c(SC)nc(=O)[nH]c1C. The van der Waals surface area contributed by atoms with Crippen molar-refractivity contribution < 1.29 is 14.3 Å². The first kappa shape index (κ1) is 17.2. The Balaban J connectivity index is 3.11. The van der Waals surface area contributed by atoms with Gasteiger partial charge in [-0.25, -0.2) is 4.79 Å². The Morgan fingerprint density at radius 3 is 2.57 bits per heavy atom. The Labute approximate surface area is 127 Å². The molecule has 0 saturated carbocycles. The number of ether oxygens (including phenoxy) is 1. The van der Waals surface area contributed by atoms with E-state index in [1.54, 1.807) is 27.0 Å². The van der Waals surface area contributed by atoms with Gasteiger partial charge in [0.1, 0.15) is 11.6 Å². The zero-order valence-corrected chi connectivity index (χ0v) is 13.4. The van der Waals surface area contributed by atoms with E-state index in [0.717, 1.165) is 0 Å². The molecule has 1 N–H and O–H groups in total. The molecule has 8 heteroatoms. The molecule has 0 atom stereocenters. The minimum Gasteiger partial charge on any atom is -0.465 e. The number of nitrogens with zero attached hydrogens (tertiary/aromatic N) is 2. The number of aryl methyl sites for hydroxylation is 1. The molecule has 0 aliphatic rings. The number of hydrogen-bond donors (Lipinski definition) is 1. The first-order chi connectivity index (χ1) is 9.94. The van der Waals surface area contributed by atoms with Crippen LogP contribution in [-0.2, 0) is 9.53 Å². The number of H-pyrrole nitrogens is 1. The number of carbonyl (C=O) groups excluding carboxylic acids is 2. The van der Waals surface area contributed by atoms with E-state index >= 15 is 0 Å². The number of likely N-dealkylation sites (N-methyl/N-ethyl adjacent to an activating group) is 1. The number of thioether (sulfide) groups is 1. The summed E-state index contributed by atoms with van der Waals surface area (Å²) < 4.78 is 4.85. The lowest BCUT2D eigenvalue weighted by Crippen LogP contribution is -2.37. The van der Waals surface area contributed by atoms with Crippen LogP contribution in [0.15, 0.2) is 9.82 Å². The molecule has 0 aromatic carbocycles. The second kappa shape index (κ2) is 7.82. The topological polar surface area (TPSA) is 92.4 Å². The average Bonchev–Trinajstić information content (AvgIpc) is 2.43. The number of aromatic nitrogens is 2. The molecule has 1 aromatic rings. The first-order valence-electron chi connectivity index (χ1n) is 6.54. The van der Waals surface area contributed by atoms with Crippen molar-refractivity contribution in [2.75, 3.05) is 26.0 Å². The largest absolute Gasteiger partial charge is 0.465 e. The predicted octanol–water partition coefficient (Wildman–Crippen LogP) is 0.825. The first-order valence-corrected chi connectivity index (χ1v) is 7.76. The van der Waals surface area contributed by atoms with Gasteiger partial charge in [-0.3, -0.25) is 9.59 Å². The number of nitrogens with one attached hydrogen (secondary N) is 1. The maximum absolute atomic E-state index is 12.6. The van der Waals surface area contributed by atoms with Crippen LogP contribution >= 0.6 is 11.8 Å². The fourth-order valence-corrected chi connectivity index (χ4v) is 2.43. The summed E-state index contributed by atoms with van der Waals surface area (Å²) in [6.45, 7) is 5.59. The van der Waals surface area contributed by atoms with Crippen LogP contribution in [0.1, 0.15) is 29.9 Å². The minimum absolute atomic E-state index is 0.129. The number of amides is 1. The monoisotopic (exact) mass is 313 g/mol. The molecule has 21 heavy (non-hydrogen) atoms. The summed E-state index contributed by atoms with van der Waals surface area (Å²) >= 11 is 1.21. The lowest BCUT2D eigenvalue weighted by Gasteiger charge is -2.21. The van der Waals surface area contributed by atoms with Gasteiger partial charge < -0.3 is 14.6 Å². The molecule has 1 heterocycles. The summed E-state index contributed by atoms with van der Waals surface area (Å²) in [6.07, 6.45) is 1.74. The Kier molecular flexibility index (Phi) is 6.41. The lowest BCUT2D eigenvalue weighted by atomic mass is 10.2. The highest BCUT2D eigenvalue weighted by Gasteiger charge is 2.23. The highest BCUT2D eigenvalue weighted by atomic mass is 32.2. The van der Waals surface area contributed by atoms with E-state index in [-0.39, 0.29) is 19.1 Å². The van der Waals surface area contributed by atoms with Gasteiger partial charge in [-0.15, -0.1) is 11.8 Å². The van der Waals surface area contributed by atoms with E-state index in [1.165, 1.54) is 16.7 Å². The van der Waals surface area contributed by atoms with E-state index in [2.05, 4.69) is 9.97 Å². The lowest BCUT2D eigenvalue weighted by molar-refractivity contribution is -0.143. The van der Waals surface area contributed by atoms with Gasteiger partial charge in [-0.05, 0) is 27.0 Å². The fraction of sp³-hybridized carbons (Fsp3) is 0.538. The Bertz CT molecular complexity index is 585. The Morgan fingerprint density at radius 1 is 1.38 bits per heavy atom. The van der Waals surface area contributed by atoms with E-state index in [9.17, 15) is 14.4 Å². The molecule has 0 radical (unpaired) electrons. The number of rotatable bonds is 6. The van der Waals surface area contributed by atoms with Crippen LogP contribution in [0.5, 0.6) is 0 Å². The molecule has 0 saturated heterocycles. The highest BCUT2D eigenvalue weighted by molar-refractivity contribution is 7.98. The summed E-state index contributed by atoms with van der Waals surface area (Å²) in [5, 5.41) is 0.351. The number of aromatic amines is 1. The fourth-order valence-electron chi connectivity index (χ4n) is 1.81. The van der Waals surface area contributed by atoms with Gasteiger partial charge in [0.15, 0.2) is 0 Å². The van der Waals surface area contributed by atoms with Crippen LogP contribution in [-0.4, -0.2) is 52.7 Å². The Morgan fingerprint density at radius 2 is 2.05 bits per heavy atom. The molecule has 116 valence electrons. The van der Waals surface area contributed by atoms with E-state index in [0.29, 0.717) is 22.8 Å². The number of carbonyl (C=O) groups is 2. The van der Waals surface area contributed by atoms with Crippen molar-refractivity contribution in [2.45, 2.75) is 25.8 Å². The average molecular weight is 313 g/mol. The van der Waals surface area contributed by atoms with Crippen molar-refractivity contribution >= 4 is 23.6 Å². The van der Waals surface area contributed by atoms with Gasteiger partial charge in [0, 0.05) is 12.2 Å². The molecular formula is C13H19N3O4S.